The average Bonchev–Trinajstić information content (AvgIpc) is 2.89. The van der Waals surface area contributed by atoms with Crippen molar-refractivity contribution in [2.24, 2.45) is 0 Å². The number of aliphatic hydroxyl groups is 1. The Bertz CT molecular complexity index is 414. The molecule has 1 aromatic carbocycles. The average molecular weight is 299 g/mol. The molecule has 0 bridgehead atoms. The number of aliphatic hydroxyl groups excluding tert-OH is 1. The van der Waals surface area contributed by atoms with Gasteiger partial charge in [-0.3, -0.25) is 4.79 Å². The molecule has 20 heavy (non-hydrogen) atoms. The number of benzene rings is 1. The Morgan fingerprint density at radius 2 is 2.15 bits per heavy atom. The van der Waals surface area contributed by atoms with E-state index in [1.807, 2.05) is 24.3 Å². The Morgan fingerprint density at radius 3 is 2.70 bits per heavy atom. The van der Waals surface area contributed by atoms with Gasteiger partial charge >= 0.3 is 0 Å². The standard InChI is InChI=1S/C15H22N2O2.ClH/c1-11(18)13-6-4-12(5-7-13)10-17-15(19)9-14-3-2-8-16-14;/h4-7,11,14,16,18H,2-3,8-10H2,1H3,(H,17,19);1H. The molecule has 2 unspecified atom stereocenters. The first-order valence-corrected chi connectivity index (χ1v) is 6.92. The van der Waals surface area contributed by atoms with Crippen LogP contribution in [0.2, 0.25) is 0 Å². The number of amides is 1. The monoisotopic (exact) mass is 298 g/mol. The van der Waals surface area contributed by atoms with Crippen LogP contribution in [0.15, 0.2) is 24.3 Å². The van der Waals surface area contributed by atoms with Gasteiger partial charge in [0.25, 0.3) is 0 Å². The van der Waals surface area contributed by atoms with Crippen molar-refractivity contribution in [3.63, 3.8) is 0 Å². The van der Waals surface area contributed by atoms with E-state index in [1.165, 1.54) is 6.42 Å². The van der Waals surface area contributed by atoms with Crippen LogP contribution in [0.3, 0.4) is 0 Å². The Balaban J connectivity index is 0.00000200. The van der Waals surface area contributed by atoms with E-state index in [2.05, 4.69) is 10.6 Å². The second-order valence-corrected chi connectivity index (χ2v) is 5.19. The van der Waals surface area contributed by atoms with Crippen molar-refractivity contribution >= 4 is 18.3 Å². The van der Waals surface area contributed by atoms with E-state index in [-0.39, 0.29) is 18.3 Å². The quantitative estimate of drug-likeness (QED) is 0.778. The van der Waals surface area contributed by atoms with E-state index in [1.54, 1.807) is 6.92 Å². The highest BCUT2D eigenvalue weighted by atomic mass is 35.5. The van der Waals surface area contributed by atoms with Gasteiger partial charge in [-0.05, 0) is 37.4 Å². The predicted octanol–water partition coefficient (Wildman–Crippen LogP) is 1.92. The molecule has 0 aliphatic carbocycles. The molecule has 1 heterocycles. The van der Waals surface area contributed by atoms with E-state index < -0.39 is 6.10 Å². The van der Waals surface area contributed by atoms with E-state index in [9.17, 15) is 9.90 Å². The molecule has 0 radical (unpaired) electrons. The summed E-state index contributed by atoms with van der Waals surface area (Å²) in [7, 11) is 0. The van der Waals surface area contributed by atoms with Gasteiger partial charge in [-0.15, -0.1) is 12.4 Å². The summed E-state index contributed by atoms with van der Waals surface area (Å²) in [5, 5.41) is 15.7. The van der Waals surface area contributed by atoms with Gasteiger partial charge in [0.1, 0.15) is 0 Å². The zero-order chi connectivity index (χ0) is 13.7. The summed E-state index contributed by atoms with van der Waals surface area (Å²) in [5.41, 5.74) is 1.95. The molecule has 1 aromatic rings. The molecule has 1 aliphatic rings. The van der Waals surface area contributed by atoms with Crippen molar-refractivity contribution in [3.8, 4) is 0 Å². The first-order chi connectivity index (χ1) is 9.15. The summed E-state index contributed by atoms with van der Waals surface area (Å²) < 4.78 is 0. The highest BCUT2D eigenvalue weighted by Gasteiger charge is 2.17. The van der Waals surface area contributed by atoms with Gasteiger partial charge in [-0.1, -0.05) is 24.3 Å². The maximum absolute atomic E-state index is 11.8. The summed E-state index contributed by atoms with van der Waals surface area (Å²) in [4.78, 5) is 11.8. The molecule has 1 amide bonds. The molecule has 0 aromatic heterocycles. The number of halogens is 1. The van der Waals surface area contributed by atoms with Crippen LogP contribution in [0.5, 0.6) is 0 Å². The number of carbonyl (C=O) groups excluding carboxylic acids is 1. The van der Waals surface area contributed by atoms with Gasteiger partial charge < -0.3 is 15.7 Å². The Labute approximate surface area is 126 Å². The lowest BCUT2D eigenvalue weighted by atomic mass is 10.1. The lowest BCUT2D eigenvalue weighted by Gasteiger charge is -2.11. The van der Waals surface area contributed by atoms with Crippen LogP contribution >= 0.6 is 12.4 Å². The number of hydrogen-bond donors (Lipinski definition) is 3. The third-order valence-corrected chi connectivity index (χ3v) is 3.55. The molecule has 2 rings (SSSR count). The molecule has 2 atom stereocenters. The molecule has 3 N–H and O–H groups in total. The van der Waals surface area contributed by atoms with E-state index in [4.69, 9.17) is 0 Å². The third kappa shape index (κ3) is 5.12. The number of rotatable bonds is 5. The van der Waals surface area contributed by atoms with Crippen LogP contribution < -0.4 is 10.6 Å². The second-order valence-electron chi connectivity index (χ2n) is 5.19. The fourth-order valence-corrected chi connectivity index (χ4v) is 2.34. The number of nitrogens with one attached hydrogen (secondary N) is 2. The topological polar surface area (TPSA) is 61.4 Å². The largest absolute Gasteiger partial charge is 0.389 e. The zero-order valence-electron chi connectivity index (χ0n) is 11.8. The van der Waals surface area contributed by atoms with Crippen molar-refractivity contribution in [2.45, 2.75) is 44.9 Å². The van der Waals surface area contributed by atoms with Gasteiger partial charge in [0.05, 0.1) is 6.10 Å². The predicted molar refractivity (Wildman–Crippen MR) is 81.8 cm³/mol. The summed E-state index contributed by atoms with van der Waals surface area (Å²) in [6.45, 7) is 3.32. The minimum absolute atomic E-state index is 0. The zero-order valence-corrected chi connectivity index (χ0v) is 12.6. The van der Waals surface area contributed by atoms with Crippen molar-refractivity contribution in [1.82, 2.24) is 10.6 Å². The molecule has 4 nitrogen and oxygen atoms in total. The fraction of sp³-hybridized carbons (Fsp3) is 0.533. The second kappa shape index (κ2) is 8.25. The number of hydrogen-bond acceptors (Lipinski definition) is 3. The SMILES string of the molecule is CC(O)c1ccc(CNC(=O)CC2CCCN2)cc1.Cl. The maximum Gasteiger partial charge on any atom is 0.221 e. The van der Waals surface area contributed by atoms with Crippen molar-refractivity contribution in [1.29, 1.82) is 0 Å². The van der Waals surface area contributed by atoms with Crippen LogP contribution in [0.25, 0.3) is 0 Å². The summed E-state index contributed by atoms with van der Waals surface area (Å²) in [6, 6.07) is 8.01. The Kier molecular flexibility index (Phi) is 6.99. The third-order valence-electron chi connectivity index (χ3n) is 3.55. The van der Waals surface area contributed by atoms with Gasteiger partial charge in [0, 0.05) is 19.0 Å². The highest BCUT2D eigenvalue weighted by molar-refractivity contribution is 5.85. The van der Waals surface area contributed by atoms with Crippen LogP contribution in [0.4, 0.5) is 0 Å². The van der Waals surface area contributed by atoms with E-state index >= 15 is 0 Å². The molecule has 5 heteroatoms. The molecule has 0 spiro atoms. The first-order valence-electron chi connectivity index (χ1n) is 6.92. The van der Waals surface area contributed by atoms with Gasteiger partial charge in [0.2, 0.25) is 5.91 Å². The molecule has 1 saturated heterocycles. The van der Waals surface area contributed by atoms with Crippen LogP contribution in [0, 0.1) is 0 Å². The highest BCUT2D eigenvalue weighted by Crippen LogP contribution is 2.13. The number of carbonyl (C=O) groups is 1. The van der Waals surface area contributed by atoms with Crippen LogP contribution in [-0.4, -0.2) is 23.6 Å². The Hall–Kier alpha value is -1.10. The van der Waals surface area contributed by atoms with E-state index in [0.717, 1.165) is 24.1 Å². The van der Waals surface area contributed by atoms with Crippen molar-refractivity contribution in [2.75, 3.05) is 6.54 Å². The first kappa shape index (κ1) is 17.0. The van der Waals surface area contributed by atoms with Gasteiger partial charge in [-0.2, -0.15) is 0 Å². The van der Waals surface area contributed by atoms with Gasteiger partial charge in [0.15, 0.2) is 0 Å². The van der Waals surface area contributed by atoms with Crippen LogP contribution in [0.1, 0.15) is 43.4 Å². The minimum atomic E-state index is -0.447. The molecule has 0 saturated carbocycles. The molecular weight excluding hydrogens is 276 g/mol. The molecule has 1 aliphatic heterocycles. The maximum atomic E-state index is 11.8. The van der Waals surface area contributed by atoms with E-state index in [0.29, 0.717) is 19.0 Å². The van der Waals surface area contributed by atoms with Crippen molar-refractivity contribution in [3.05, 3.63) is 35.4 Å². The molecular formula is C15H23ClN2O2. The summed E-state index contributed by atoms with van der Waals surface area (Å²) >= 11 is 0. The lowest BCUT2D eigenvalue weighted by Crippen LogP contribution is -2.31. The van der Waals surface area contributed by atoms with Gasteiger partial charge in [-0.25, -0.2) is 0 Å². The molecule has 112 valence electrons. The molecule has 1 fully saturated rings. The minimum Gasteiger partial charge on any atom is -0.389 e. The smallest absolute Gasteiger partial charge is 0.221 e. The fourth-order valence-electron chi connectivity index (χ4n) is 2.34. The summed E-state index contributed by atoms with van der Waals surface area (Å²) in [5.74, 6) is 0.0963. The van der Waals surface area contributed by atoms with Crippen LogP contribution in [-0.2, 0) is 11.3 Å². The Morgan fingerprint density at radius 1 is 1.45 bits per heavy atom. The summed E-state index contributed by atoms with van der Waals surface area (Å²) in [6.07, 6.45) is 2.37. The normalized spacial score (nSPS) is 19.2. The van der Waals surface area contributed by atoms with Crippen molar-refractivity contribution < 1.29 is 9.90 Å². The lowest BCUT2D eigenvalue weighted by molar-refractivity contribution is -0.121.